The van der Waals surface area contributed by atoms with Gasteiger partial charge in [-0.25, -0.2) is 0 Å². The van der Waals surface area contributed by atoms with E-state index in [9.17, 15) is 9.90 Å². The molecule has 17 heavy (non-hydrogen) atoms. The molecule has 0 radical (unpaired) electrons. The van der Waals surface area contributed by atoms with E-state index in [1.807, 2.05) is 17.8 Å². The van der Waals surface area contributed by atoms with E-state index in [0.29, 0.717) is 6.54 Å². The predicted octanol–water partition coefficient (Wildman–Crippen LogP) is 1.99. The average molecular weight is 271 g/mol. The fraction of sp³-hybridized carbons (Fsp3) is 0.583. The summed E-state index contributed by atoms with van der Waals surface area (Å²) in [5.41, 5.74) is 1.32. The highest BCUT2D eigenvalue weighted by molar-refractivity contribution is 7.98. The van der Waals surface area contributed by atoms with Crippen molar-refractivity contribution in [3.05, 3.63) is 21.4 Å². The number of thioether (sulfide) groups is 1. The van der Waals surface area contributed by atoms with Gasteiger partial charge in [-0.05, 0) is 30.7 Å². The molecule has 0 bridgehead atoms. The van der Waals surface area contributed by atoms with Crippen LogP contribution < -0.4 is 0 Å². The first-order valence-electron chi connectivity index (χ1n) is 5.71. The van der Waals surface area contributed by atoms with E-state index in [-0.39, 0.29) is 5.91 Å². The van der Waals surface area contributed by atoms with E-state index < -0.39 is 6.10 Å². The van der Waals surface area contributed by atoms with Crippen LogP contribution in [0.25, 0.3) is 0 Å². The molecule has 0 fully saturated rings. The molecule has 2 heterocycles. The monoisotopic (exact) mass is 271 g/mol. The Morgan fingerprint density at radius 3 is 3.06 bits per heavy atom. The highest BCUT2D eigenvalue weighted by Crippen LogP contribution is 2.32. The SMILES string of the molecule is CC(O)CN(C)C(=O)c1cc2c(s1)CCSC2. The Morgan fingerprint density at radius 1 is 1.65 bits per heavy atom. The number of carbonyl (C=O) groups is 1. The van der Waals surface area contributed by atoms with Gasteiger partial charge in [-0.3, -0.25) is 4.79 Å². The number of carbonyl (C=O) groups excluding carboxylic acids is 1. The molecule has 1 N–H and O–H groups in total. The standard InChI is InChI=1S/C12H17NO2S2/c1-8(14)6-13(2)12(15)11-5-9-7-16-4-3-10(9)17-11/h5,8,14H,3-4,6-7H2,1-2H3. The zero-order valence-corrected chi connectivity index (χ0v) is 11.7. The molecule has 1 atom stereocenters. The lowest BCUT2D eigenvalue weighted by Gasteiger charge is -2.17. The lowest BCUT2D eigenvalue weighted by atomic mass is 10.2. The van der Waals surface area contributed by atoms with Crippen molar-refractivity contribution in [1.29, 1.82) is 0 Å². The number of aliphatic hydroxyl groups is 1. The minimum Gasteiger partial charge on any atom is -0.392 e. The van der Waals surface area contributed by atoms with Crippen LogP contribution in [0.5, 0.6) is 0 Å². The minimum absolute atomic E-state index is 0.0234. The number of aliphatic hydroxyl groups excluding tert-OH is 1. The summed E-state index contributed by atoms with van der Waals surface area (Å²) in [6.45, 7) is 2.08. The smallest absolute Gasteiger partial charge is 0.263 e. The third kappa shape index (κ3) is 3.03. The average Bonchev–Trinajstić information content (AvgIpc) is 2.70. The molecule has 1 unspecified atom stereocenters. The number of thiophene rings is 1. The van der Waals surface area contributed by atoms with Gasteiger partial charge < -0.3 is 10.0 Å². The van der Waals surface area contributed by atoms with Gasteiger partial charge in [-0.1, -0.05) is 0 Å². The Labute approximate surface area is 110 Å². The third-order valence-corrected chi connectivity index (χ3v) is 4.96. The highest BCUT2D eigenvalue weighted by atomic mass is 32.2. The van der Waals surface area contributed by atoms with Crippen molar-refractivity contribution in [1.82, 2.24) is 4.90 Å². The first kappa shape index (κ1) is 12.9. The number of nitrogens with zero attached hydrogens (tertiary/aromatic N) is 1. The molecule has 0 aliphatic carbocycles. The number of hydrogen-bond acceptors (Lipinski definition) is 4. The summed E-state index contributed by atoms with van der Waals surface area (Å²) in [4.78, 5) is 15.9. The number of fused-ring (bicyclic) bond motifs is 1. The lowest BCUT2D eigenvalue weighted by molar-refractivity contribution is 0.0708. The molecule has 94 valence electrons. The molecule has 1 aromatic rings. The van der Waals surface area contributed by atoms with Crippen LogP contribution in [0.4, 0.5) is 0 Å². The van der Waals surface area contributed by atoms with E-state index in [0.717, 1.165) is 22.8 Å². The lowest BCUT2D eigenvalue weighted by Crippen LogP contribution is -2.32. The molecule has 1 aliphatic heterocycles. The van der Waals surface area contributed by atoms with Gasteiger partial charge in [0.1, 0.15) is 0 Å². The molecule has 1 aromatic heterocycles. The fourth-order valence-corrected chi connectivity index (χ4v) is 4.29. The number of rotatable bonds is 3. The van der Waals surface area contributed by atoms with Crippen molar-refractivity contribution >= 4 is 29.0 Å². The molecule has 0 aromatic carbocycles. The maximum atomic E-state index is 12.1. The van der Waals surface area contributed by atoms with Crippen LogP contribution in [0.15, 0.2) is 6.07 Å². The second kappa shape index (κ2) is 5.42. The van der Waals surface area contributed by atoms with E-state index in [4.69, 9.17) is 0 Å². The first-order valence-corrected chi connectivity index (χ1v) is 7.68. The van der Waals surface area contributed by atoms with Crippen molar-refractivity contribution < 1.29 is 9.90 Å². The summed E-state index contributed by atoms with van der Waals surface area (Å²) in [7, 11) is 1.74. The third-order valence-electron chi connectivity index (χ3n) is 2.72. The summed E-state index contributed by atoms with van der Waals surface area (Å²) in [6, 6.07) is 2.02. The molecule has 0 saturated heterocycles. The van der Waals surface area contributed by atoms with Crippen molar-refractivity contribution in [2.24, 2.45) is 0 Å². The van der Waals surface area contributed by atoms with Crippen LogP contribution in [0.2, 0.25) is 0 Å². The van der Waals surface area contributed by atoms with Gasteiger partial charge in [0.25, 0.3) is 5.91 Å². The molecular formula is C12H17NO2S2. The van der Waals surface area contributed by atoms with E-state index in [1.54, 1.807) is 30.2 Å². The number of aryl methyl sites for hydroxylation is 1. The molecule has 1 amide bonds. The summed E-state index contributed by atoms with van der Waals surface area (Å²) < 4.78 is 0. The molecule has 3 nitrogen and oxygen atoms in total. The predicted molar refractivity (Wildman–Crippen MR) is 72.8 cm³/mol. The van der Waals surface area contributed by atoms with Crippen molar-refractivity contribution in [3.8, 4) is 0 Å². The van der Waals surface area contributed by atoms with Gasteiger partial charge in [0.2, 0.25) is 0 Å². The Balaban J connectivity index is 2.11. The second-order valence-electron chi connectivity index (χ2n) is 4.40. The molecule has 0 saturated carbocycles. The van der Waals surface area contributed by atoms with Crippen LogP contribution in [-0.2, 0) is 12.2 Å². The zero-order valence-electron chi connectivity index (χ0n) is 10.1. The summed E-state index contributed by atoms with van der Waals surface area (Å²) in [6.07, 6.45) is 0.604. The Kier molecular flexibility index (Phi) is 4.12. The second-order valence-corrected chi connectivity index (χ2v) is 6.64. The van der Waals surface area contributed by atoms with Crippen LogP contribution in [0, 0.1) is 0 Å². The Morgan fingerprint density at radius 2 is 2.41 bits per heavy atom. The summed E-state index contributed by atoms with van der Waals surface area (Å²) in [5, 5.41) is 9.29. The van der Waals surface area contributed by atoms with Gasteiger partial charge in [-0.2, -0.15) is 11.8 Å². The number of likely N-dealkylation sites (N-methyl/N-ethyl adjacent to an activating group) is 1. The zero-order chi connectivity index (χ0) is 12.4. The van der Waals surface area contributed by atoms with Crippen LogP contribution >= 0.6 is 23.1 Å². The van der Waals surface area contributed by atoms with Gasteiger partial charge in [0, 0.05) is 24.2 Å². The van der Waals surface area contributed by atoms with E-state index >= 15 is 0 Å². The summed E-state index contributed by atoms with van der Waals surface area (Å²) >= 11 is 3.54. The topological polar surface area (TPSA) is 40.5 Å². The van der Waals surface area contributed by atoms with Crippen LogP contribution in [-0.4, -0.2) is 41.4 Å². The quantitative estimate of drug-likeness (QED) is 0.914. The van der Waals surface area contributed by atoms with Gasteiger partial charge in [-0.15, -0.1) is 11.3 Å². The molecular weight excluding hydrogens is 254 g/mol. The van der Waals surface area contributed by atoms with Gasteiger partial charge >= 0.3 is 0 Å². The van der Waals surface area contributed by atoms with Crippen LogP contribution in [0.3, 0.4) is 0 Å². The minimum atomic E-state index is -0.478. The maximum Gasteiger partial charge on any atom is 0.263 e. The Bertz CT molecular complexity index is 391. The molecule has 2 rings (SSSR count). The van der Waals surface area contributed by atoms with Gasteiger partial charge in [0.05, 0.1) is 11.0 Å². The maximum absolute atomic E-state index is 12.1. The summed E-state index contributed by atoms with van der Waals surface area (Å²) in [5.74, 6) is 2.21. The fourth-order valence-electron chi connectivity index (χ4n) is 1.92. The molecule has 0 spiro atoms. The Hall–Kier alpha value is -0.520. The first-order chi connectivity index (χ1) is 8.08. The molecule has 1 aliphatic rings. The van der Waals surface area contributed by atoms with Crippen molar-refractivity contribution in [2.75, 3.05) is 19.3 Å². The van der Waals surface area contributed by atoms with Crippen molar-refractivity contribution in [2.45, 2.75) is 25.2 Å². The number of amides is 1. The van der Waals surface area contributed by atoms with E-state index in [1.165, 1.54) is 10.4 Å². The van der Waals surface area contributed by atoms with E-state index in [2.05, 4.69) is 0 Å². The van der Waals surface area contributed by atoms with Crippen molar-refractivity contribution in [3.63, 3.8) is 0 Å². The number of hydrogen-bond donors (Lipinski definition) is 1. The largest absolute Gasteiger partial charge is 0.392 e. The van der Waals surface area contributed by atoms with Gasteiger partial charge in [0.15, 0.2) is 0 Å². The highest BCUT2D eigenvalue weighted by Gasteiger charge is 2.20. The normalized spacial score (nSPS) is 16.4. The molecule has 5 heteroatoms. The van der Waals surface area contributed by atoms with Crippen LogP contribution in [0.1, 0.15) is 27.0 Å².